The number of aromatic carboxylic acids is 1. The summed E-state index contributed by atoms with van der Waals surface area (Å²) >= 11 is 0. The van der Waals surface area contributed by atoms with Crippen LogP contribution in [0.25, 0.3) is 11.1 Å². The van der Waals surface area contributed by atoms with Crippen LogP contribution in [0.4, 0.5) is 0 Å². The van der Waals surface area contributed by atoms with E-state index >= 15 is 0 Å². The predicted octanol–water partition coefficient (Wildman–Crippen LogP) is 3.52. The number of rotatable bonds is 10. The first kappa shape index (κ1) is 17.9. The van der Waals surface area contributed by atoms with Crippen molar-refractivity contribution < 1.29 is 19.1 Å². The molecular weight excluding hydrogens is 332 g/mol. The third kappa shape index (κ3) is 4.83. The standard InChI is InChI=1S/C20H22N2O4/c23-20(24)15-7-1-3-9-17(15)25-14-13-21-12-6-5-11-19-22-16-8-2-4-10-18(16)26-19/h1-4,7-10,21H,5-6,11-14H2,(H,23,24). The van der Waals surface area contributed by atoms with E-state index in [1.807, 2.05) is 24.3 Å². The van der Waals surface area contributed by atoms with E-state index in [-0.39, 0.29) is 5.56 Å². The number of fused-ring (bicyclic) bond motifs is 1. The fourth-order valence-corrected chi connectivity index (χ4v) is 2.68. The Morgan fingerprint density at radius 3 is 2.73 bits per heavy atom. The average molecular weight is 354 g/mol. The minimum atomic E-state index is -0.979. The number of ether oxygens (including phenoxy) is 1. The first-order chi connectivity index (χ1) is 12.7. The number of unbranched alkanes of at least 4 members (excludes halogenated alkanes) is 1. The molecule has 0 aliphatic rings. The molecule has 0 atom stereocenters. The summed E-state index contributed by atoms with van der Waals surface area (Å²) in [5.74, 6) is 0.199. The molecule has 0 spiro atoms. The maximum absolute atomic E-state index is 11.1. The predicted molar refractivity (Wildman–Crippen MR) is 98.7 cm³/mol. The van der Waals surface area contributed by atoms with Crippen molar-refractivity contribution >= 4 is 17.1 Å². The van der Waals surface area contributed by atoms with E-state index in [1.165, 1.54) is 6.07 Å². The van der Waals surface area contributed by atoms with Crippen LogP contribution in [0.5, 0.6) is 5.75 Å². The van der Waals surface area contributed by atoms with Gasteiger partial charge in [0.25, 0.3) is 0 Å². The Bertz CT molecular complexity index is 827. The molecule has 0 aliphatic carbocycles. The maximum atomic E-state index is 11.1. The van der Waals surface area contributed by atoms with E-state index in [4.69, 9.17) is 14.3 Å². The van der Waals surface area contributed by atoms with Crippen LogP contribution < -0.4 is 10.1 Å². The number of aryl methyl sites for hydroxylation is 1. The van der Waals surface area contributed by atoms with Gasteiger partial charge >= 0.3 is 5.97 Å². The lowest BCUT2D eigenvalue weighted by Gasteiger charge is -2.09. The summed E-state index contributed by atoms with van der Waals surface area (Å²) in [5, 5.41) is 12.4. The zero-order valence-corrected chi connectivity index (χ0v) is 14.5. The lowest BCUT2D eigenvalue weighted by molar-refractivity contribution is 0.0692. The van der Waals surface area contributed by atoms with Crippen molar-refractivity contribution in [2.75, 3.05) is 19.7 Å². The third-order valence-electron chi connectivity index (χ3n) is 3.99. The summed E-state index contributed by atoms with van der Waals surface area (Å²) in [6.07, 6.45) is 2.81. The molecule has 0 unspecified atom stereocenters. The van der Waals surface area contributed by atoms with Gasteiger partial charge in [-0.25, -0.2) is 9.78 Å². The second kappa shape index (κ2) is 9.01. The van der Waals surface area contributed by atoms with Crippen molar-refractivity contribution in [2.45, 2.75) is 19.3 Å². The SMILES string of the molecule is O=C(O)c1ccccc1OCCNCCCCc1nc2ccccc2o1. The highest BCUT2D eigenvalue weighted by atomic mass is 16.5. The summed E-state index contributed by atoms with van der Waals surface area (Å²) in [6.45, 7) is 1.95. The monoisotopic (exact) mass is 354 g/mol. The van der Waals surface area contributed by atoms with Gasteiger partial charge in [-0.1, -0.05) is 24.3 Å². The summed E-state index contributed by atoms with van der Waals surface area (Å²) < 4.78 is 11.2. The molecule has 0 fully saturated rings. The second-order valence-electron chi connectivity index (χ2n) is 5.93. The number of benzene rings is 2. The van der Waals surface area contributed by atoms with Crippen LogP contribution in [-0.4, -0.2) is 35.8 Å². The highest BCUT2D eigenvalue weighted by Crippen LogP contribution is 2.17. The van der Waals surface area contributed by atoms with Crippen LogP contribution in [0.2, 0.25) is 0 Å². The molecule has 3 aromatic rings. The highest BCUT2D eigenvalue weighted by Gasteiger charge is 2.09. The van der Waals surface area contributed by atoms with Crippen molar-refractivity contribution in [2.24, 2.45) is 0 Å². The largest absolute Gasteiger partial charge is 0.491 e. The Balaban J connectivity index is 1.30. The molecule has 0 aliphatic heterocycles. The lowest BCUT2D eigenvalue weighted by Crippen LogP contribution is -2.22. The molecule has 0 bridgehead atoms. The van der Waals surface area contributed by atoms with E-state index in [0.717, 1.165) is 42.8 Å². The van der Waals surface area contributed by atoms with Crippen LogP contribution in [-0.2, 0) is 6.42 Å². The molecule has 26 heavy (non-hydrogen) atoms. The van der Waals surface area contributed by atoms with Crippen LogP contribution in [0.15, 0.2) is 52.9 Å². The van der Waals surface area contributed by atoms with Crippen LogP contribution >= 0.6 is 0 Å². The molecule has 6 nitrogen and oxygen atoms in total. The summed E-state index contributed by atoms with van der Waals surface area (Å²) in [6, 6.07) is 14.4. The molecule has 3 rings (SSSR count). The minimum Gasteiger partial charge on any atom is -0.491 e. The highest BCUT2D eigenvalue weighted by molar-refractivity contribution is 5.90. The van der Waals surface area contributed by atoms with Crippen molar-refractivity contribution in [1.82, 2.24) is 10.3 Å². The van der Waals surface area contributed by atoms with Gasteiger partial charge in [0.1, 0.15) is 23.4 Å². The minimum absolute atomic E-state index is 0.186. The molecule has 0 amide bonds. The number of para-hydroxylation sites is 3. The van der Waals surface area contributed by atoms with E-state index < -0.39 is 5.97 Å². The number of nitrogens with one attached hydrogen (secondary N) is 1. The normalized spacial score (nSPS) is 10.9. The maximum Gasteiger partial charge on any atom is 0.339 e. The van der Waals surface area contributed by atoms with Gasteiger partial charge in [0.05, 0.1) is 0 Å². The van der Waals surface area contributed by atoms with Gasteiger partial charge in [-0.15, -0.1) is 0 Å². The molecule has 0 radical (unpaired) electrons. The Labute approximate surface area is 151 Å². The van der Waals surface area contributed by atoms with Gasteiger partial charge in [-0.3, -0.25) is 0 Å². The van der Waals surface area contributed by atoms with Crippen LogP contribution in [0.3, 0.4) is 0 Å². The van der Waals surface area contributed by atoms with E-state index in [0.29, 0.717) is 18.9 Å². The molecule has 1 heterocycles. The number of oxazole rings is 1. The first-order valence-corrected chi connectivity index (χ1v) is 8.74. The first-order valence-electron chi connectivity index (χ1n) is 8.74. The van der Waals surface area contributed by atoms with Crippen molar-refractivity contribution in [1.29, 1.82) is 0 Å². The zero-order valence-electron chi connectivity index (χ0n) is 14.5. The number of hydrogen-bond acceptors (Lipinski definition) is 5. The van der Waals surface area contributed by atoms with Crippen LogP contribution in [0.1, 0.15) is 29.1 Å². The van der Waals surface area contributed by atoms with Gasteiger partial charge < -0.3 is 19.6 Å². The Hall–Kier alpha value is -2.86. The number of carbonyl (C=O) groups is 1. The van der Waals surface area contributed by atoms with Gasteiger partial charge in [0.2, 0.25) is 0 Å². The Morgan fingerprint density at radius 1 is 1.08 bits per heavy atom. The molecule has 2 aromatic carbocycles. The molecule has 0 saturated carbocycles. The van der Waals surface area contributed by atoms with Gasteiger partial charge in [-0.05, 0) is 43.7 Å². The second-order valence-corrected chi connectivity index (χ2v) is 5.93. The Kier molecular flexibility index (Phi) is 6.22. The van der Waals surface area contributed by atoms with E-state index in [1.54, 1.807) is 18.2 Å². The quantitative estimate of drug-likeness (QED) is 0.542. The lowest BCUT2D eigenvalue weighted by atomic mass is 10.2. The van der Waals surface area contributed by atoms with Gasteiger partial charge in [0.15, 0.2) is 11.5 Å². The summed E-state index contributed by atoms with van der Waals surface area (Å²) in [7, 11) is 0. The fourth-order valence-electron chi connectivity index (χ4n) is 2.68. The molecule has 0 saturated heterocycles. The number of nitrogens with zero attached hydrogens (tertiary/aromatic N) is 1. The topological polar surface area (TPSA) is 84.6 Å². The summed E-state index contributed by atoms with van der Waals surface area (Å²) in [4.78, 5) is 15.6. The zero-order chi connectivity index (χ0) is 18.2. The fraction of sp³-hybridized carbons (Fsp3) is 0.300. The number of hydrogen-bond donors (Lipinski definition) is 2. The van der Waals surface area contributed by atoms with Crippen molar-refractivity contribution in [3.05, 3.63) is 60.0 Å². The van der Waals surface area contributed by atoms with E-state index in [9.17, 15) is 4.79 Å². The molecule has 6 heteroatoms. The van der Waals surface area contributed by atoms with E-state index in [2.05, 4.69) is 10.3 Å². The smallest absolute Gasteiger partial charge is 0.339 e. The Morgan fingerprint density at radius 2 is 1.88 bits per heavy atom. The summed E-state index contributed by atoms with van der Waals surface area (Å²) in [5.41, 5.74) is 1.92. The molecule has 1 aromatic heterocycles. The number of carboxylic acids is 1. The van der Waals surface area contributed by atoms with Gasteiger partial charge in [-0.2, -0.15) is 0 Å². The van der Waals surface area contributed by atoms with Crippen molar-refractivity contribution in [3.63, 3.8) is 0 Å². The molecule has 136 valence electrons. The number of aromatic nitrogens is 1. The number of carboxylic acid groups (broad SMARTS) is 1. The third-order valence-corrected chi connectivity index (χ3v) is 3.99. The molecular formula is C20H22N2O4. The van der Waals surface area contributed by atoms with Crippen LogP contribution in [0, 0.1) is 0 Å². The van der Waals surface area contributed by atoms with Crippen molar-refractivity contribution in [3.8, 4) is 5.75 Å². The molecule has 2 N–H and O–H groups in total. The average Bonchev–Trinajstić information content (AvgIpc) is 3.07. The van der Waals surface area contributed by atoms with Gasteiger partial charge in [0, 0.05) is 13.0 Å².